The summed E-state index contributed by atoms with van der Waals surface area (Å²) >= 11 is 0. The van der Waals surface area contributed by atoms with Crippen molar-refractivity contribution in [2.24, 2.45) is 4.99 Å². The lowest BCUT2D eigenvalue weighted by Crippen LogP contribution is -2.09. The van der Waals surface area contributed by atoms with Gasteiger partial charge in [-0.15, -0.1) is 0 Å². The van der Waals surface area contributed by atoms with Crippen LogP contribution in [0.15, 0.2) is 175 Å². The van der Waals surface area contributed by atoms with Crippen molar-refractivity contribution in [3.63, 3.8) is 0 Å². The molecule has 0 N–H and O–H groups in total. The van der Waals surface area contributed by atoms with Crippen molar-refractivity contribution in [2.45, 2.75) is 53.4 Å². The van der Waals surface area contributed by atoms with Gasteiger partial charge in [-0.2, -0.15) is 0 Å². The molecule has 1 aliphatic rings. The summed E-state index contributed by atoms with van der Waals surface area (Å²) in [4.78, 5) is 5.22. The van der Waals surface area contributed by atoms with Crippen molar-refractivity contribution in [3.8, 4) is 0 Å². The van der Waals surface area contributed by atoms with Crippen molar-refractivity contribution in [1.29, 1.82) is 0 Å². The molecule has 0 bridgehead atoms. The number of hydrogen-bond donors (Lipinski definition) is 0. The van der Waals surface area contributed by atoms with Crippen LogP contribution in [0.25, 0.3) is 49.2 Å². The number of fused-ring (bicyclic) bond motifs is 6. The predicted molar refractivity (Wildman–Crippen MR) is 237 cm³/mol. The van der Waals surface area contributed by atoms with E-state index in [1.54, 1.807) is 6.07 Å². The molecule has 1 nitrogen and oxygen atoms in total. The normalized spacial score (nSPS) is 13.3. The molecule has 0 radical (unpaired) electrons. The highest BCUT2D eigenvalue weighted by molar-refractivity contribution is 6.25. The summed E-state index contributed by atoms with van der Waals surface area (Å²) in [6.07, 6.45) is 11.0. The number of benzene rings is 7. The van der Waals surface area contributed by atoms with Gasteiger partial charge < -0.3 is 0 Å². The molecule has 0 aliphatic heterocycles. The molecule has 8 rings (SSSR count). The molecule has 0 amide bonds. The van der Waals surface area contributed by atoms with Crippen LogP contribution < -0.4 is 0 Å². The number of aryl methyl sites for hydroxylation is 2. The molecule has 0 spiro atoms. The number of halogens is 1. The van der Waals surface area contributed by atoms with Gasteiger partial charge in [0.1, 0.15) is 5.82 Å². The van der Waals surface area contributed by atoms with Gasteiger partial charge in [0.25, 0.3) is 0 Å². The van der Waals surface area contributed by atoms with E-state index in [2.05, 4.69) is 150 Å². The summed E-state index contributed by atoms with van der Waals surface area (Å²) in [6, 6.07) is 47.3. The largest absolute Gasteiger partial charge is 0.248 e. The van der Waals surface area contributed by atoms with Crippen LogP contribution in [0.2, 0.25) is 0 Å². The Morgan fingerprint density at radius 1 is 0.636 bits per heavy atom. The Bertz CT molecular complexity index is 2580. The lowest BCUT2D eigenvalue weighted by Gasteiger charge is -2.19. The zero-order chi connectivity index (χ0) is 38.3. The van der Waals surface area contributed by atoms with Crippen LogP contribution in [0.3, 0.4) is 0 Å². The minimum Gasteiger partial charge on any atom is -0.248 e. The molecule has 0 unspecified atom stereocenters. The molecule has 2 heteroatoms. The molecule has 0 heterocycles. The van der Waals surface area contributed by atoms with Gasteiger partial charge in [-0.05, 0) is 129 Å². The van der Waals surface area contributed by atoms with Gasteiger partial charge in [0, 0.05) is 5.56 Å². The van der Waals surface area contributed by atoms with E-state index in [1.165, 1.54) is 61.2 Å². The average molecular weight is 718 g/mol. The van der Waals surface area contributed by atoms with Crippen LogP contribution in [0.1, 0.15) is 72.9 Å². The quantitative estimate of drug-likeness (QED) is 0.110. The molecule has 0 saturated carbocycles. The number of aliphatic imine (C=N–C) groups is 1. The number of rotatable bonds is 8. The van der Waals surface area contributed by atoms with E-state index in [9.17, 15) is 4.39 Å². The van der Waals surface area contributed by atoms with Crippen LogP contribution in [0.5, 0.6) is 0 Å². The minimum atomic E-state index is -0.187. The fourth-order valence-corrected chi connectivity index (χ4v) is 7.95. The third-order valence-electron chi connectivity index (χ3n) is 10.6. The Balaban J connectivity index is 0.000000203. The lowest BCUT2D eigenvalue weighted by atomic mass is 9.87. The first-order valence-electron chi connectivity index (χ1n) is 19.4. The van der Waals surface area contributed by atoms with Gasteiger partial charge >= 0.3 is 0 Å². The topological polar surface area (TPSA) is 12.4 Å². The molecule has 272 valence electrons. The summed E-state index contributed by atoms with van der Waals surface area (Å²) in [5, 5.41) is 6.77. The molecule has 1 aliphatic carbocycles. The second-order valence-corrected chi connectivity index (χ2v) is 14.4. The van der Waals surface area contributed by atoms with Crippen LogP contribution in [-0.4, -0.2) is 5.71 Å². The standard InChI is InChI=1S/C35H37N.C18H11F/c1-6-14-33(27(4)34-25(2)15-13-16-26(34)3)35(32-19-11-8-12-20-32)36-28(5)29-21-23-31(24-22-29)30-17-9-7-10-18-30;19-12-9-10-17-15-7-2-1-5-13(15)14-6-3-4-8-16(14)18(17)11-12/h8-9,11-13,15-24H,5-7,10,14H2,1-4H3;1-11H/b33-27+,36-35?;. The summed E-state index contributed by atoms with van der Waals surface area (Å²) in [6.45, 7) is 13.3. The maximum atomic E-state index is 13.6. The molecular formula is C53H48FN. The highest BCUT2D eigenvalue weighted by Gasteiger charge is 2.17. The first kappa shape index (κ1) is 37.2. The van der Waals surface area contributed by atoms with E-state index in [1.807, 2.05) is 30.3 Å². The summed E-state index contributed by atoms with van der Waals surface area (Å²) in [5.41, 5.74) is 13.0. The van der Waals surface area contributed by atoms with Crippen LogP contribution in [-0.2, 0) is 0 Å². The van der Waals surface area contributed by atoms with Crippen LogP contribution in [0.4, 0.5) is 4.39 Å². The summed E-state index contributed by atoms with van der Waals surface area (Å²) in [7, 11) is 0. The third kappa shape index (κ3) is 8.05. The number of hydrogen-bond acceptors (Lipinski definition) is 1. The highest BCUT2D eigenvalue weighted by Crippen LogP contribution is 2.35. The van der Waals surface area contributed by atoms with Gasteiger partial charge in [0.2, 0.25) is 0 Å². The first-order chi connectivity index (χ1) is 26.8. The van der Waals surface area contributed by atoms with Crippen LogP contribution >= 0.6 is 0 Å². The van der Waals surface area contributed by atoms with Gasteiger partial charge in [-0.3, -0.25) is 0 Å². The molecule has 55 heavy (non-hydrogen) atoms. The van der Waals surface area contributed by atoms with E-state index < -0.39 is 0 Å². The SMILES string of the molecule is C=C(N=C(/C(CCC)=C(\C)c1c(C)cccc1C)c1ccccc1)c1ccc(C2=CCCC=C2)cc1.Fc1ccc2c3ccccc3c3ccccc3c2c1. The zero-order valence-corrected chi connectivity index (χ0v) is 32.4. The second kappa shape index (κ2) is 16.9. The monoisotopic (exact) mass is 717 g/mol. The van der Waals surface area contributed by atoms with Crippen molar-refractivity contribution >= 4 is 54.9 Å². The zero-order valence-electron chi connectivity index (χ0n) is 32.4. The molecule has 0 fully saturated rings. The minimum absolute atomic E-state index is 0.187. The Labute approximate surface area is 325 Å². The van der Waals surface area contributed by atoms with E-state index in [0.717, 1.165) is 64.4 Å². The van der Waals surface area contributed by atoms with Crippen molar-refractivity contribution in [2.75, 3.05) is 0 Å². The number of nitrogens with zero attached hydrogens (tertiary/aromatic N) is 1. The molecule has 0 aromatic heterocycles. The molecule has 7 aromatic carbocycles. The molecule has 0 saturated heterocycles. The number of allylic oxidation sites excluding steroid dienone is 6. The molecule has 0 atom stereocenters. The summed E-state index contributed by atoms with van der Waals surface area (Å²) in [5.74, 6) is -0.187. The Morgan fingerprint density at radius 2 is 1.22 bits per heavy atom. The molecule has 7 aromatic rings. The van der Waals surface area contributed by atoms with Gasteiger partial charge in [0.15, 0.2) is 0 Å². The fraction of sp³-hybridized carbons (Fsp3) is 0.151. The van der Waals surface area contributed by atoms with Crippen molar-refractivity contribution in [3.05, 3.63) is 209 Å². The Morgan fingerprint density at radius 3 is 1.80 bits per heavy atom. The van der Waals surface area contributed by atoms with E-state index in [-0.39, 0.29) is 5.82 Å². The van der Waals surface area contributed by atoms with Crippen molar-refractivity contribution < 1.29 is 4.39 Å². The second-order valence-electron chi connectivity index (χ2n) is 14.4. The van der Waals surface area contributed by atoms with Gasteiger partial charge in [-0.1, -0.05) is 166 Å². The fourth-order valence-electron chi connectivity index (χ4n) is 7.95. The Kier molecular flexibility index (Phi) is 11.4. The third-order valence-corrected chi connectivity index (χ3v) is 10.6. The highest BCUT2D eigenvalue weighted by atomic mass is 19.1. The summed E-state index contributed by atoms with van der Waals surface area (Å²) < 4.78 is 13.6. The van der Waals surface area contributed by atoms with Crippen LogP contribution in [0, 0.1) is 19.7 Å². The van der Waals surface area contributed by atoms with E-state index in [0.29, 0.717) is 0 Å². The first-order valence-corrected chi connectivity index (χ1v) is 19.4. The van der Waals surface area contributed by atoms with Crippen molar-refractivity contribution in [1.82, 2.24) is 0 Å². The predicted octanol–water partition coefficient (Wildman–Crippen LogP) is 15.1. The van der Waals surface area contributed by atoms with Gasteiger partial charge in [0.05, 0.1) is 11.4 Å². The lowest BCUT2D eigenvalue weighted by molar-refractivity contribution is 0.630. The van der Waals surface area contributed by atoms with E-state index >= 15 is 0 Å². The van der Waals surface area contributed by atoms with Gasteiger partial charge in [-0.25, -0.2) is 9.38 Å². The maximum Gasteiger partial charge on any atom is 0.123 e. The maximum absolute atomic E-state index is 13.6. The molecular weight excluding hydrogens is 670 g/mol. The van der Waals surface area contributed by atoms with E-state index in [4.69, 9.17) is 4.99 Å². The average Bonchev–Trinajstić information content (AvgIpc) is 3.23. The smallest absolute Gasteiger partial charge is 0.123 e. The Hall–Kier alpha value is -6.12.